The lowest BCUT2D eigenvalue weighted by Crippen LogP contribution is -2.45. The molecular formula is C11H18N4O2S. The highest BCUT2D eigenvalue weighted by atomic mass is 32.1. The van der Waals surface area contributed by atoms with Gasteiger partial charge in [0.1, 0.15) is 0 Å². The Kier molecular flexibility index (Phi) is 3.82. The van der Waals surface area contributed by atoms with Crippen molar-refractivity contribution in [3.05, 3.63) is 5.01 Å². The zero-order chi connectivity index (χ0) is 13.2. The summed E-state index contributed by atoms with van der Waals surface area (Å²) in [7, 11) is 0. The van der Waals surface area contributed by atoms with E-state index < -0.39 is 5.60 Å². The van der Waals surface area contributed by atoms with Crippen LogP contribution in [-0.2, 0) is 0 Å². The fraction of sp³-hybridized carbons (Fsp3) is 0.727. The number of hydrogen-bond donors (Lipinski definition) is 2. The zero-order valence-electron chi connectivity index (χ0n) is 10.6. The van der Waals surface area contributed by atoms with Crippen LogP contribution >= 0.6 is 11.3 Å². The summed E-state index contributed by atoms with van der Waals surface area (Å²) in [6.07, 6.45) is 1.22. The van der Waals surface area contributed by atoms with Gasteiger partial charge < -0.3 is 15.3 Å². The Morgan fingerprint density at radius 2 is 2.17 bits per heavy atom. The molecular weight excluding hydrogens is 252 g/mol. The Labute approximate surface area is 110 Å². The lowest BCUT2D eigenvalue weighted by Gasteiger charge is -2.35. The molecule has 1 aliphatic heterocycles. The number of anilines is 1. The molecule has 6 nitrogen and oxygen atoms in total. The molecule has 0 aliphatic carbocycles. The molecule has 1 fully saturated rings. The van der Waals surface area contributed by atoms with E-state index in [1.165, 1.54) is 11.3 Å². The van der Waals surface area contributed by atoms with Crippen molar-refractivity contribution in [1.82, 2.24) is 15.1 Å². The maximum absolute atomic E-state index is 12.2. The molecule has 18 heavy (non-hydrogen) atoms. The smallest absolute Gasteiger partial charge is 0.284 e. The number of likely N-dealkylation sites (tertiary alicyclic amines) is 1. The fourth-order valence-corrected chi connectivity index (χ4v) is 2.64. The van der Waals surface area contributed by atoms with Gasteiger partial charge in [-0.05, 0) is 26.7 Å². The monoisotopic (exact) mass is 270 g/mol. The lowest BCUT2D eigenvalue weighted by atomic mass is 9.94. The third kappa shape index (κ3) is 2.97. The van der Waals surface area contributed by atoms with E-state index in [0.717, 1.165) is 6.54 Å². The van der Waals surface area contributed by atoms with Crippen LogP contribution in [0.1, 0.15) is 36.5 Å². The van der Waals surface area contributed by atoms with E-state index in [1.807, 2.05) is 13.8 Å². The number of amides is 1. The molecule has 0 saturated carbocycles. The average Bonchev–Trinajstić information content (AvgIpc) is 2.77. The van der Waals surface area contributed by atoms with Gasteiger partial charge in [-0.3, -0.25) is 4.79 Å². The van der Waals surface area contributed by atoms with Crippen molar-refractivity contribution in [1.29, 1.82) is 0 Å². The number of nitrogens with zero attached hydrogens (tertiary/aromatic N) is 3. The third-order valence-corrected chi connectivity index (χ3v) is 3.93. The quantitative estimate of drug-likeness (QED) is 0.855. The number of hydrogen-bond acceptors (Lipinski definition) is 6. The topological polar surface area (TPSA) is 78.4 Å². The largest absolute Gasteiger partial charge is 0.390 e. The maximum atomic E-state index is 12.2. The summed E-state index contributed by atoms with van der Waals surface area (Å²) in [5.41, 5.74) is -0.646. The summed E-state index contributed by atoms with van der Waals surface area (Å²) in [4.78, 5) is 13.9. The summed E-state index contributed by atoms with van der Waals surface area (Å²) in [5.74, 6) is -0.0906. The number of rotatable bonds is 3. The molecule has 0 spiro atoms. The van der Waals surface area contributed by atoms with Crippen LogP contribution in [0.5, 0.6) is 0 Å². The predicted molar refractivity (Wildman–Crippen MR) is 69.8 cm³/mol. The Hall–Kier alpha value is -1.21. The summed E-state index contributed by atoms with van der Waals surface area (Å²) < 4.78 is 0. The lowest BCUT2D eigenvalue weighted by molar-refractivity contribution is -0.00205. The van der Waals surface area contributed by atoms with Crippen LogP contribution in [0.3, 0.4) is 0 Å². The van der Waals surface area contributed by atoms with Crippen LogP contribution in [-0.4, -0.2) is 51.3 Å². The predicted octanol–water partition coefficient (Wildman–Crippen LogP) is 0.957. The summed E-state index contributed by atoms with van der Waals surface area (Å²) in [5, 5.41) is 21.8. The van der Waals surface area contributed by atoms with Crippen molar-refractivity contribution in [2.24, 2.45) is 0 Å². The second-order valence-electron chi connectivity index (χ2n) is 4.73. The SMILES string of the molecule is CCNc1nnc(C(=O)N2CCC(C)(O)CC2)s1. The van der Waals surface area contributed by atoms with Crippen LogP contribution in [0.2, 0.25) is 0 Å². The van der Waals surface area contributed by atoms with E-state index >= 15 is 0 Å². The molecule has 1 aliphatic rings. The Bertz CT molecular complexity index is 422. The highest BCUT2D eigenvalue weighted by Gasteiger charge is 2.31. The molecule has 0 aromatic carbocycles. The third-order valence-electron chi connectivity index (χ3n) is 3.06. The minimum atomic E-state index is -0.646. The molecule has 1 amide bonds. The number of nitrogens with one attached hydrogen (secondary N) is 1. The summed E-state index contributed by atoms with van der Waals surface area (Å²) in [6, 6.07) is 0. The molecule has 2 N–H and O–H groups in total. The van der Waals surface area contributed by atoms with Gasteiger partial charge in [0.25, 0.3) is 5.91 Å². The van der Waals surface area contributed by atoms with Crippen molar-refractivity contribution < 1.29 is 9.90 Å². The van der Waals surface area contributed by atoms with Crippen molar-refractivity contribution in [2.45, 2.75) is 32.3 Å². The van der Waals surface area contributed by atoms with Crippen LogP contribution in [0.15, 0.2) is 0 Å². The van der Waals surface area contributed by atoms with Gasteiger partial charge in [0.05, 0.1) is 5.60 Å². The molecule has 2 rings (SSSR count). The first-order valence-corrected chi connectivity index (χ1v) is 6.92. The molecule has 1 aromatic rings. The molecule has 100 valence electrons. The van der Waals surface area contributed by atoms with Gasteiger partial charge in [0.15, 0.2) is 0 Å². The van der Waals surface area contributed by atoms with E-state index in [0.29, 0.717) is 36.1 Å². The fourth-order valence-electron chi connectivity index (χ4n) is 1.86. The molecule has 0 radical (unpaired) electrons. The van der Waals surface area contributed by atoms with Gasteiger partial charge in [-0.1, -0.05) is 11.3 Å². The normalized spacial score (nSPS) is 18.7. The number of piperidine rings is 1. The van der Waals surface area contributed by atoms with Gasteiger partial charge in [-0.25, -0.2) is 0 Å². The van der Waals surface area contributed by atoms with Crippen LogP contribution in [0, 0.1) is 0 Å². The Balaban J connectivity index is 1.98. The number of aliphatic hydroxyl groups is 1. The Morgan fingerprint density at radius 3 is 2.78 bits per heavy atom. The van der Waals surface area contributed by atoms with E-state index in [-0.39, 0.29) is 5.91 Å². The molecule has 2 heterocycles. The summed E-state index contributed by atoms with van der Waals surface area (Å²) >= 11 is 1.27. The van der Waals surface area contributed by atoms with Gasteiger partial charge >= 0.3 is 0 Å². The molecule has 0 unspecified atom stereocenters. The van der Waals surface area contributed by atoms with E-state index in [4.69, 9.17) is 0 Å². The first-order valence-electron chi connectivity index (χ1n) is 6.11. The number of carbonyl (C=O) groups is 1. The van der Waals surface area contributed by atoms with Gasteiger partial charge in [0.2, 0.25) is 10.1 Å². The van der Waals surface area contributed by atoms with E-state index in [9.17, 15) is 9.90 Å². The molecule has 0 atom stereocenters. The molecule has 1 saturated heterocycles. The van der Waals surface area contributed by atoms with Gasteiger partial charge in [0, 0.05) is 19.6 Å². The molecule has 7 heteroatoms. The van der Waals surface area contributed by atoms with Gasteiger partial charge in [-0.2, -0.15) is 0 Å². The van der Waals surface area contributed by atoms with Crippen molar-refractivity contribution in [3.63, 3.8) is 0 Å². The van der Waals surface area contributed by atoms with Crippen molar-refractivity contribution in [3.8, 4) is 0 Å². The standard InChI is InChI=1S/C11H18N4O2S/c1-3-12-10-14-13-8(18-10)9(16)15-6-4-11(2,17)5-7-15/h17H,3-7H2,1-2H3,(H,12,14). The van der Waals surface area contributed by atoms with Gasteiger partial charge in [-0.15, -0.1) is 10.2 Å². The minimum absolute atomic E-state index is 0.0906. The molecule has 1 aromatic heterocycles. The minimum Gasteiger partial charge on any atom is -0.390 e. The van der Waals surface area contributed by atoms with E-state index in [1.54, 1.807) is 4.90 Å². The molecule has 0 bridgehead atoms. The van der Waals surface area contributed by atoms with Crippen molar-refractivity contribution >= 4 is 22.4 Å². The highest BCUT2D eigenvalue weighted by Crippen LogP contribution is 2.24. The van der Waals surface area contributed by atoms with Crippen LogP contribution in [0.4, 0.5) is 5.13 Å². The average molecular weight is 270 g/mol. The van der Waals surface area contributed by atoms with E-state index in [2.05, 4.69) is 15.5 Å². The van der Waals surface area contributed by atoms with Crippen LogP contribution < -0.4 is 5.32 Å². The second-order valence-corrected chi connectivity index (χ2v) is 5.71. The van der Waals surface area contributed by atoms with Crippen LogP contribution in [0.25, 0.3) is 0 Å². The Morgan fingerprint density at radius 1 is 1.50 bits per heavy atom. The zero-order valence-corrected chi connectivity index (χ0v) is 11.5. The maximum Gasteiger partial charge on any atom is 0.284 e. The first kappa shape index (κ1) is 13.2. The summed E-state index contributed by atoms with van der Waals surface area (Å²) in [6.45, 7) is 5.68. The second kappa shape index (κ2) is 5.19. The van der Waals surface area contributed by atoms with Crippen molar-refractivity contribution in [2.75, 3.05) is 25.0 Å². The number of carbonyl (C=O) groups excluding carboxylic acids is 1. The highest BCUT2D eigenvalue weighted by molar-refractivity contribution is 7.17. The number of aromatic nitrogens is 2. The first-order chi connectivity index (χ1) is 8.52.